The smallest absolute Gasteiger partial charge is 0.433 e. The Bertz CT molecular complexity index is 627. The molecule has 7 heteroatoms. The van der Waals surface area contributed by atoms with E-state index in [0.717, 1.165) is 5.56 Å². The Morgan fingerprint density at radius 3 is 2.24 bits per heavy atom. The van der Waals surface area contributed by atoms with Gasteiger partial charge in [-0.2, -0.15) is 18.2 Å². The fourth-order valence-corrected chi connectivity index (χ4v) is 1.81. The van der Waals surface area contributed by atoms with Crippen molar-refractivity contribution in [3.8, 4) is 11.6 Å². The summed E-state index contributed by atoms with van der Waals surface area (Å²) >= 11 is 5.49. The van der Waals surface area contributed by atoms with Crippen LogP contribution in [0.4, 0.5) is 13.2 Å². The van der Waals surface area contributed by atoms with Crippen molar-refractivity contribution in [2.75, 3.05) is 0 Å². The van der Waals surface area contributed by atoms with Gasteiger partial charge >= 0.3 is 6.18 Å². The van der Waals surface area contributed by atoms with Gasteiger partial charge in [-0.3, -0.25) is 0 Å². The predicted molar refractivity (Wildman–Crippen MR) is 72.6 cm³/mol. The fourth-order valence-electron chi connectivity index (χ4n) is 1.64. The van der Waals surface area contributed by atoms with Gasteiger partial charge in [-0.05, 0) is 35.2 Å². The van der Waals surface area contributed by atoms with Crippen LogP contribution < -0.4 is 4.74 Å². The van der Waals surface area contributed by atoms with Crippen LogP contribution in [0.25, 0.3) is 0 Å². The largest absolute Gasteiger partial charge is 0.439 e. The quantitative estimate of drug-likeness (QED) is 0.742. The Morgan fingerprint density at radius 2 is 1.71 bits per heavy atom. The minimum absolute atomic E-state index is 0.250. The summed E-state index contributed by atoms with van der Waals surface area (Å²) < 4.78 is 43.2. The molecular formula is C14H12ClF3N2O. The number of nitrogens with zero attached hydrogens (tertiary/aromatic N) is 2. The molecule has 0 amide bonds. The lowest BCUT2D eigenvalue weighted by atomic mass is 10.0. The Labute approximate surface area is 124 Å². The molecule has 0 aliphatic rings. The number of aromatic nitrogens is 2. The normalized spacial score (nSPS) is 11.8. The van der Waals surface area contributed by atoms with Crippen molar-refractivity contribution >= 4 is 11.6 Å². The first-order chi connectivity index (χ1) is 9.75. The van der Waals surface area contributed by atoms with E-state index in [1.165, 1.54) is 0 Å². The predicted octanol–water partition coefficient (Wildman–Crippen LogP) is 5.06. The van der Waals surface area contributed by atoms with Crippen molar-refractivity contribution in [1.82, 2.24) is 9.97 Å². The minimum Gasteiger partial charge on any atom is -0.439 e. The van der Waals surface area contributed by atoms with E-state index < -0.39 is 17.2 Å². The van der Waals surface area contributed by atoms with Crippen LogP contribution in [0.2, 0.25) is 5.28 Å². The topological polar surface area (TPSA) is 35.0 Å². The summed E-state index contributed by atoms with van der Waals surface area (Å²) in [5.41, 5.74) is -0.0460. The molecule has 0 N–H and O–H groups in total. The summed E-state index contributed by atoms with van der Waals surface area (Å²) in [4.78, 5) is 6.77. The molecule has 0 saturated carbocycles. The second-order valence-corrected chi connectivity index (χ2v) is 5.02. The zero-order valence-electron chi connectivity index (χ0n) is 11.3. The first-order valence-corrected chi connectivity index (χ1v) is 6.53. The lowest BCUT2D eigenvalue weighted by Crippen LogP contribution is -2.09. The Hall–Kier alpha value is -1.82. The maximum Gasteiger partial charge on any atom is 0.433 e. The number of hydrogen-bond donors (Lipinski definition) is 0. The van der Waals surface area contributed by atoms with Gasteiger partial charge in [-0.15, -0.1) is 0 Å². The molecule has 1 aromatic carbocycles. The molecule has 0 bridgehead atoms. The maximum absolute atomic E-state index is 12.6. The van der Waals surface area contributed by atoms with E-state index in [9.17, 15) is 13.2 Å². The molecule has 0 unspecified atom stereocenters. The van der Waals surface area contributed by atoms with E-state index in [-0.39, 0.29) is 5.88 Å². The highest BCUT2D eigenvalue weighted by molar-refractivity contribution is 6.28. The van der Waals surface area contributed by atoms with Crippen LogP contribution in [-0.4, -0.2) is 9.97 Å². The molecule has 2 aromatic rings. The molecule has 3 nitrogen and oxygen atoms in total. The number of hydrogen-bond acceptors (Lipinski definition) is 3. The van der Waals surface area contributed by atoms with Crippen LogP contribution in [-0.2, 0) is 6.18 Å². The average molecular weight is 317 g/mol. The van der Waals surface area contributed by atoms with Crippen molar-refractivity contribution in [3.63, 3.8) is 0 Å². The van der Waals surface area contributed by atoms with Crippen LogP contribution in [0.5, 0.6) is 11.6 Å². The third-order valence-electron chi connectivity index (χ3n) is 2.73. The Balaban J connectivity index is 2.25. The molecule has 2 rings (SSSR count). The van der Waals surface area contributed by atoms with Crippen molar-refractivity contribution in [1.29, 1.82) is 0 Å². The zero-order chi connectivity index (χ0) is 15.6. The lowest BCUT2D eigenvalue weighted by Gasteiger charge is -2.10. The monoisotopic (exact) mass is 316 g/mol. The number of halogens is 4. The summed E-state index contributed by atoms with van der Waals surface area (Å²) in [7, 11) is 0. The highest BCUT2D eigenvalue weighted by Gasteiger charge is 2.34. The van der Waals surface area contributed by atoms with Crippen LogP contribution in [0.1, 0.15) is 31.0 Å². The number of alkyl halides is 3. The summed E-state index contributed by atoms with van der Waals surface area (Å²) in [6, 6.07) is 7.72. The average Bonchev–Trinajstić information content (AvgIpc) is 2.37. The molecule has 21 heavy (non-hydrogen) atoms. The molecule has 0 fully saturated rings. The molecule has 0 saturated heterocycles. The van der Waals surface area contributed by atoms with Gasteiger partial charge in [0.05, 0.1) is 0 Å². The highest BCUT2D eigenvalue weighted by Crippen LogP contribution is 2.31. The fraction of sp³-hybridized carbons (Fsp3) is 0.286. The maximum atomic E-state index is 12.6. The first-order valence-electron chi connectivity index (χ1n) is 6.15. The van der Waals surface area contributed by atoms with Crippen molar-refractivity contribution in [2.24, 2.45) is 0 Å². The van der Waals surface area contributed by atoms with Gasteiger partial charge in [0.2, 0.25) is 11.2 Å². The molecule has 0 spiro atoms. The Kier molecular flexibility index (Phi) is 4.37. The molecule has 0 atom stereocenters. The van der Waals surface area contributed by atoms with E-state index in [4.69, 9.17) is 16.3 Å². The molecule has 112 valence electrons. The van der Waals surface area contributed by atoms with E-state index in [1.807, 2.05) is 26.0 Å². The summed E-state index contributed by atoms with van der Waals surface area (Å²) in [5, 5.41) is -0.515. The number of rotatable bonds is 3. The third-order valence-corrected chi connectivity index (χ3v) is 2.90. The lowest BCUT2D eigenvalue weighted by molar-refractivity contribution is -0.141. The SMILES string of the molecule is CC(C)c1ccc(Oc2cc(C(F)(F)F)nc(Cl)n2)cc1. The van der Waals surface area contributed by atoms with Gasteiger partial charge < -0.3 is 4.74 Å². The van der Waals surface area contributed by atoms with E-state index >= 15 is 0 Å². The third kappa shape index (κ3) is 4.07. The van der Waals surface area contributed by atoms with E-state index in [2.05, 4.69) is 9.97 Å². The van der Waals surface area contributed by atoms with E-state index in [0.29, 0.717) is 17.7 Å². The van der Waals surface area contributed by atoms with Crippen molar-refractivity contribution in [2.45, 2.75) is 25.9 Å². The van der Waals surface area contributed by atoms with Gasteiger partial charge in [-0.1, -0.05) is 26.0 Å². The summed E-state index contributed by atoms with van der Waals surface area (Å²) in [5.74, 6) is 0.478. The van der Waals surface area contributed by atoms with Crippen LogP contribution in [0, 0.1) is 0 Å². The second-order valence-electron chi connectivity index (χ2n) is 4.68. The van der Waals surface area contributed by atoms with Gasteiger partial charge in [0.1, 0.15) is 5.75 Å². The molecule has 0 aliphatic carbocycles. The van der Waals surface area contributed by atoms with Gasteiger partial charge in [0.15, 0.2) is 5.69 Å². The molecule has 0 radical (unpaired) electrons. The summed E-state index contributed by atoms with van der Waals surface area (Å²) in [6.45, 7) is 4.07. The van der Waals surface area contributed by atoms with Crippen LogP contribution in [0.3, 0.4) is 0 Å². The highest BCUT2D eigenvalue weighted by atomic mass is 35.5. The van der Waals surface area contributed by atoms with Crippen LogP contribution >= 0.6 is 11.6 Å². The van der Waals surface area contributed by atoms with Gasteiger partial charge in [0, 0.05) is 6.07 Å². The van der Waals surface area contributed by atoms with Crippen molar-refractivity contribution in [3.05, 3.63) is 46.9 Å². The summed E-state index contributed by atoms with van der Waals surface area (Å²) in [6.07, 6.45) is -4.60. The van der Waals surface area contributed by atoms with E-state index in [1.54, 1.807) is 12.1 Å². The standard InChI is InChI=1S/C14H12ClF3N2O/c1-8(2)9-3-5-10(6-4-9)21-12-7-11(14(16,17)18)19-13(15)20-12/h3-8H,1-2H3. The van der Waals surface area contributed by atoms with Crippen molar-refractivity contribution < 1.29 is 17.9 Å². The number of ether oxygens (including phenoxy) is 1. The van der Waals surface area contributed by atoms with Crippen LogP contribution in [0.15, 0.2) is 30.3 Å². The zero-order valence-corrected chi connectivity index (χ0v) is 12.0. The second kappa shape index (κ2) is 5.89. The Morgan fingerprint density at radius 1 is 1.10 bits per heavy atom. The molecule has 1 aromatic heterocycles. The van der Waals surface area contributed by atoms with Gasteiger partial charge in [-0.25, -0.2) is 4.98 Å². The molecular weight excluding hydrogens is 305 g/mol. The minimum atomic E-state index is -4.60. The number of benzene rings is 1. The first kappa shape index (κ1) is 15.6. The van der Waals surface area contributed by atoms with Gasteiger partial charge in [0.25, 0.3) is 0 Å². The molecule has 1 heterocycles. The molecule has 0 aliphatic heterocycles.